The van der Waals surface area contributed by atoms with Gasteiger partial charge in [0.2, 0.25) is 0 Å². The molecule has 0 aliphatic carbocycles. The zero-order chi connectivity index (χ0) is 25.3. The average Bonchev–Trinajstić information content (AvgIpc) is 3.11. The van der Waals surface area contributed by atoms with Crippen molar-refractivity contribution in [2.45, 2.75) is 38.9 Å². The third-order valence-corrected chi connectivity index (χ3v) is 7.15. The highest BCUT2D eigenvalue weighted by Gasteiger charge is 2.51. The summed E-state index contributed by atoms with van der Waals surface area (Å²) in [6, 6.07) is 34.4. The summed E-state index contributed by atoms with van der Waals surface area (Å²) in [6.45, 7) is 8.24. The summed E-state index contributed by atoms with van der Waals surface area (Å²) in [5, 5.41) is 12.6. The fraction of sp³-hybridized carbons (Fsp3) is 0.194. The Balaban J connectivity index is 1.50. The first kappa shape index (κ1) is 24.0. The van der Waals surface area contributed by atoms with Crippen molar-refractivity contribution in [3.05, 3.63) is 114 Å². The van der Waals surface area contributed by atoms with Crippen LogP contribution >= 0.6 is 0 Å². The Labute approximate surface area is 214 Å². The van der Waals surface area contributed by atoms with Crippen LogP contribution in [0.15, 0.2) is 103 Å². The molecule has 0 spiro atoms. The molecule has 1 aliphatic heterocycles. The van der Waals surface area contributed by atoms with Gasteiger partial charge in [-0.15, -0.1) is 0 Å². The summed E-state index contributed by atoms with van der Waals surface area (Å²) in [5.74, 6) is 0. The van der Waals surface area contributed by atoms with Crippen LogP contribution in [0, 0.1) is 5.41 Å². The Kier molecular flexibility index (Phi) is 6.29. The van der Waals surface area contributed by atoms with Crippen molar-refractivity contribution in [1.82, 2.24) is 0 Å². The lowest BCUT2D eigenvalue weighted by molar-refractivity contribution is 0.00578. The van der Waals surface area contributed by atoms with Gasteiger partial charge in [-0.3, -0.25) is 5.41 Å². The maximum Gasteiger partial charge on any atom is 0.494 e. The standard InChI is InChI=1S/C31H31BN2O2/c1-30(2)31(3,4)36-32(35-30)25-16-11-17-26(21-25)34-28-19-18-24(22-12-7-5-8-13-22)20-27(28)29(33)23-14-9-6-10-15-23/h5-21,33-34H,1-4H3. The van der Waals surface area contributed by atoms with Crippen LogP contribution in [0.3, 0.4) is 0 Å². The van der Waals surface area contributed by atoms with Crippen molar-refractivity contribution in [2.24, 2.45) is 0 Å². The van der Waals surface area contributed by atoms with Crippen molar-refractivity contribution in [1.29, 1.82) is 5.41 Å². The van der Waals surface area contributed by atoms with E-state index in [1.807, 2.05) is 66.7 Å². The van der Waals surface area contributed by atoms with Crippen LogP contribution in [-0.2, 0) is 9.31 Å². The van der Waals surface area contributed by atoms with Crippen LogP contribution in [0.1, 0.15) is 38.8 Å². The van der Waals surface area contributed by atoms with Crippen molar-refractivity contribution < 1.29 is 9.31 Å². The molecule has 5 rings (SSSR count). The fourth-order valence-corrected chi connectivity index (χ4v) is 4.33. The van der Waals surface area contributed by atoms with E-state index in [2.05, 4.69) is 69.4 Å². The Hall–Kier alpha value is -3.67. The molecular weight excluding hydrogens is 443 g/mol. The molecule has 4 aromatic rings. The highest BCUT2D eigenvalue weighted by molar-refractivity contribution is 6.62. The van der Waals surface area contributed by atoms with Gasteiger partial charge in [-0.05, 0) is 68.6 Å². The molecule has 0 bridgehead atoms. The molecule has 0 saturated carbocycles. The Bertz CT molecular complexity index is 1370. The maximum absolute atomic E-state index is 9.02. The molecule has 4 nitrogen and oxygen atoms in total. The summed E-state index contributed by atoms with van der Waals surface area (Å²) in [5.41, 5.74) is 6.32. The van der Waals surface area contributed by atoms with E-state index in [0.717, 1.165) is 39.1 Å². The lowest BCUT2D eigenvalue weighted by Crippen LogP contribution is -2.41. The van der Waals surface area contributed by atoms with Crippen LogP contribution in [0.2, 0.25) is 0 Å². The number of hydrogen-bond acceptors (Lipinski definition) is 4. The number of anilines is 2. The number of benzene rings is 4. The highest BCUT2D eigenvalue weighted by atomic mass is 16.7. The molecule has 0 amide bonds. The van der Waals surface area contributed by atoms with Crippen LogP contribution in [0.25, 0.3) is 11.1 Å². The Morgan fingerprint density at radius 3 is 2.00 bits per heavy atom. The Morgan fingerprint density at radius 2 is 1.33 bits per heavy atom. The molecule has 1 fully saturated rings. The van der Waals surface area contributed by atoms with Gasteiger partial charge >= 0.3 is 7.12 Å². The second-order valence-corrected chi connectivity index (χ2v) is 10.2. The quantitative estimate of drug-likeness (QED) is 0.238. The number of nitrogens with one attached hydrogen (secondary N) is 2. The van der Waals surface area contributed by atoms with Crippen LogP contribution in [0.4, 0.5) is 11.4 Å². The topological polar surface area (TPSA) is 54.3 Å². The van der Waals surface area contributed by atoms with Gasteiger partial charge < -0.3 is 14.6 Å². The van der Waals surface area contributed by atoms with Gasteiger partial charge in [0.25, 0.3) is 0 Å². The number of hydrogen-bond donors (Lipinski definition) is 2. The molecule has 1 aliphatic rings. The van der Waals surface area contributed by atoms with E-state index in [1.165, 1.54) is 0 Å². The van der Waals surface area contributed by atoms with E-state index in [9.17, 15) is 0 Å². The minimum Gasteiger partial charge on any atom is -0.399 e. The minimum absolute atomic E-state index is 0.397. The average molecular weight is 474 g/mol. The monoisotopic (exact) mass is 474 g/mol. The molecule has 0 atom stereocenters. The molecule has 1 saturated heterocycles. The number of rotatable bonds is 6. The fourth-order valence-electron chi connectivity index (χ4n) is 4.33. The van der Waals surface area contributed by atoms with Gasteiger partial charge in [0.1, 0.15) is 0 Å². The Morgan fingerprint density at radius 1 is 0.694 bits per heavy atom. The molecule has 36 heavy (non-hydrogen) atoms. The first-order valence-corrected chi connectivity index (χ1v) is 12.3. The van der Waals surface area contributed by atoms with E-state index in [1.54, 1.807) is 0 Å². The van der Waals surface area contributed by atoms with Gasteiger partial charge in [-0.25, -0.2) is 0 Å². The zero-order valence-corrected chi connectivity index (χ0v) is 21.2. The molecule has 180 valence electrons. The molecule has 2 N–H and O–H groups in total. The van der Waals surface area contributed by atoms with Gasteiger partial charge in [0, 0.05) is 22.5 Å². The third kappa shape index (κ3) is 4.72. The molecule has 0 aromatic heterocycles. The van der Waals surface area contributed by atoms with Gasteiger partial charge in [-0.1, -0.05) is 78.9 Å². The molecule has 1 heterocycles. The molecule has 0 unspecified atom stereocenters. The van der Waals surface area contributed by atoms with E-state index in [4.69, 9.17) is 14.7 Å². The van der Waals surface area contributed by atoms with Crippen LogP contribution in [-0.4, -0.2) is 24.0 Å². The molecular formula is C31H31BN2O2. The summed E-state index contributed by atoms with van der Waals surface area (Å²) in [6.07, 6.45) is 0. The van der Waals surface area contributed by atoms with Crippen molar-refractivity contribution in [2.75, 3.05) is 5.32 Å². The third-order valence-electron chi connectivity index (χ3n) is 7.15. The van der Waals surface area contributed by atoms with E-state index >= 15 is 0 Å². The van der Waals surface area contributed by atoms with Gasteiger partial charge in [0.05, 0.1) is 16.9 Å². The van der Waals surface area contributed by atoms with Crippen LogP contribution < -0.4 is 10.8 Å². The molecule has 4 aromatic carbocycles. The summed E-state index contributed by atoms with van der Waals surface area (Å²) >= 11 is 0. The minimum atomic E-state index is -0.431. The van der Waals surface area contributed by atoms with Gasteiger partial charge in [-0.2, -0.15) is 0 Å². The first-order valence-electron chi connectivity index (χ1n) is 12.3. The van der Waals surface area contributed by atoms with E-state index in [-0.39, 0.29) is 0 Å². The predicted octanol–water partition coefficient (Wildman–Crippen LogP) is 6.81. The smallest absolute Gasteiger partial charge is 0.399 e. The maximum atomic E-state index is 9.02. The second kappa shape index (κ2) is 9.42. The lowest BCUT2D eigenvalue weighted by Gasteiger charge is -2.32. The van der Waals surface area contributed by atoms with Crippen molar-refractivity contribution >= 4 is 29.7 Å². The first-order chi connectivity index (χ1) is 17.2. The summed E-state index contributed by atoms with van der Waals surface area (Å²) < 4.78 is 12.5. The van der Waals surface area contributed by atoms with Crippen molar-refractivity contribution in [3.63, 3.8) is 0 Å². The van der Waals surface area contributed by atoms with Gasteiger partial charge in [0.15, 0.2) is 0 Å². The zero-order valence-electron chi connectivity index (χ0n) is 21.2. The summed E-state index contributed by atoms with van der Waals surface area (Å²) in [4.78, 5) is 0. The van der Waals surface area contributed by atoms with Crippen molar-refractivity contribution in [3.8, 4) is 11.1 Å². The van der Waals surface area contributed by atoms with E-state index in [0.29, 0.717) is 5.71 Å². The second-order valence-electron chi connectivity index (χ2n) is 10.2. The molecule has 5 heteroatoms. The van der Waals surface area contributed by atoms with E-state index < -0.39 is 18.3 Å². The largest absolute Gasteiger partial charge is 0.494 e. The van der Waals surface area contributed by atoms with Crippen LogP contribution in [0.5, 0.6) is 0 Å². The normalized spacial score (nSPS) is 16.1. The SMILES string of the molecule is CC1(C)OB(c2cccc(Nc3ccc(-c4ccccc4)cc3C(=N)c3ccccc3)c2)OC1(C)C. The predicted molar refractivity (Wildman–Crippen MR) is 150 cm³/mol. The molecule has 0 radical (unpaired) electrons. The lowest BCUT2D eigenvalue weighted by atomic mass is 9.79. The highest BCUT2D eigenvalue weighted by Crippen LogP contribution is 2.37. The summed E-state index contributed by atoms with van der Waals surface area (Å²) in [7, 11) is -0.431.